The largest absolute Gasteiger partial charge is 0.361 e. The molecule has 96 valence electrons. The molecule has 2 aromatic rings. The minimum Gasteiger partial charge on any atom is -0.361 e. The molecule has 1 aliphatic rings. The van der Waals surface area contributed by atoms with E-state index in [1.807, 2.05) is 0 Å². The van der Waals surface area contributed by atoms with Gasteiger partial charge in [-0.1, -0.05) is 18.2 Å². The van der Waals surface area contributed by atoms with E-state index in [2.05, 4.69) is 47.4 Å². The number of nitrogens with two attached hydrogens (primary N) is 1. The number of nitrogens with zero attached hydrogens (tertiary/aromatic N) is 1. The van der Waals surface area contributed by atoms with Crippen LogP contribution in [0.25, 0.3) is 10.9 Å². The first-order valence-electron chi connectivity index (χ1n) is 6.69. The van der Waals surface area contributed by atoms with Crippen LogP contribution in [0.4, 0.5) is 0 Å². The van der Waals surface area contributed by atoms with Crippen LogP contribution in [0.15, 0.2) is 30.5 Å². The third kappa shape index (κ3) is 2.16. The second-order valence-corrected chi connectivity index (χ2v) is 5.74. The standard InChI is InChI=1S/C15H21N3/c1-18-8-4-7-15(16,11-18)9-12-10-17-14-6-3-2-5-13(12)14/h2-3,5-6,10,17H,4,7-9,11,16H2,1H3. The van der Waals surface area contributed by atoms with Gasteiger partial charge in [0.25, 0.3) is 0 Å². The van der Waals surface area contributed by atoms with Crippen molar-refractivity contribution in [2.75, 3.05) is 20.1 Å². The number of likely N-dealkylation sites (N-methyl/N-ethyl adjacent to an activating group) is 1. The van der Waals surface area contributed by atoms with Crippen LogP contribution in [0, 0.1) is 0 Å². The summed E-state index contributed by atoms with van der Waals surface area (Å²) < 4.78 is 0. The van der Waals surface area contributed by atoms with E-state index in [0.717, 1.165) is 19.4 Å². The van der Waals surface area contributed by atoms with E-state index < -0.39 is 0 Å². The van der Waals surface area contributed by atoms with Gasteiger partial charge in [0.2, 0.25) is 0 Å². The zero-order valence-electron chi connectivity index (χ0n) is 10.9. The first-order valence-corrected chi connectivity index (χ1v) is 6.69. The summed E-state index contributed by atoms with van der Waals surface area (Å²) in [7, 11) is 2.16. The van der Waals surface area contributed by atoms with Crippen LogP contribution < -0.4 is 5.73 Å². The Kier molecular flexibility index (Phi) is 2.88. The first kappa shape index (κ1) is 11.8. The third-order valence-electron chi connectivity index (χ3n) is 4.02. The predicted octanol–water partition coefficient (Wildman–Crippen LogP) is 2.13. The molecule has 0 amide bonds. The smallest absolute Gasteiger partial charge is 0.0456 e. The normalized spacial score (nSPS) is 25.7. The van der Waals surface area contributed by atoms with Crippen molar-refractivity contribution in [2.45, 2.75) is 24.8 Å². The van der Waals surface area contributed by atoms with Crippen LogP contribution in [0.2, 0.25) is 0 Å². The van der Waals surface area contributed by atoms with Gasteiger partial charge in [-0.3, -0.25) is 0 Å². The van der Waals surface area contributed by atoms with Crippen molar-refractivity contribution >= 4 is 10.9 Å². The van der Waals surface area contributed by atoms with Crippen molar-refractivity contribution in [1.29, 1.82) is 0 Å². The van der Waals surface area contributed by atoms with Gasteiger partial charge in [0, 0.05) is 29.2 Å². The Labute approximate surface area is 108 Å². The number of nitrogens with one attached hydrogen (secondary N) is 1. The van der Waals surface area contributed by atoms with Crippen LogP contribution >= 0.6 is 0 Å². The van der Waals surface area contributed by atoms with E-state index in [1.54, 1.807) is 0 Å². The number of aromatic nitrogens is 1. The lowest BCUT2D eigenvalue weighted by molar-refractivity contribution is 0.178. The molecule has 3 N–H and O–H groups in total. The topological polar surface area (TPSA) is 45.0 Å². The Morgan fingerprint density at radius 1 is 1.39 bits per heavy atom. The molecule has 1 saturated heterocycles. The zero-order valence-corrected chi connectivity index (χ0v) is 10.9. The Morgan fingerprint density at radius 2 is 2.22 bits per heavy atom. The molecule has 1 fully saturated rings. The highest BCUT2D eigenvalue weighted by Gasteiger charge is 2.30. The molecule has 1 unspecified atom stereocenters. The lowest BCUT2D eigenvalue weighted by atomic mass is 9.84. The lowest BCUT2D eigenvalue weighted by Gasteiger charge is -2.38. The fourth-order valence-electron chi connectivity index (χ4n) is 3.20. The van der Waals surface area contributed by atoms with Crippen molar-refractivity contribution in [1.82, 2.24) is 9.88 Å². The Hall–Kier alpha value is -1.32. The Morgan fingerprint density at radius 3 is 3.06 bits per heavy atom. The van der Waals surface area contributed by atoms with Gasteiger partial charge in [-0.2, -0.15) is 0 Å². The molecule has 1 aliphatic heterocycles. The average Bonchev–Trinajstić information content (AvgIpc) is 2.72. The molecule has 0 aliphatic carbocycles. The predicted molar refractivity (Wildman–Crippen MR) is 75.7 cm³/mol. The molecule has 3 rings (SSSR count). The van der Waals surface area contributed by atoms with Gasteiger partial charge >= 0.3 is 0 Å². The van der Waals surface area contributed by atoms with E-state index in [-0.39, 0.29) is 5.54 Å². The number of benzene rings is 1. The molecule has 0 radical (unpaired) electrons. The number of para-hydroxylation sites is 1. The van der Waals surface area contributed by atoms with Crippen molar-refractivity contribution in [3.63, 3.8) is 0 Å². The quantitative estimate of drug-likeness (QED) is 0.848. The maximum Gasteiger partial charge on any atom is 0.0456 e. The lowest BCUT2D eigenvalue weighted by Crippen LogP contribution is -2.54. The van der Waals surface area contributed by atoms with Gasteiger partial charge in [-0.25, -0.2) is 0 Å². The van der Waals surface area contributed by atoms with Crippen molar-refractivity contribution in [2.24, 2.45) is 5.73 Å². The fourth-order valence-corrected chi connectivity index (χ4v) is 3.20. The van der Waals surface area contributed by atoms with Crippen LogP contribution in [0.5, 0.6) is 0 Å². The molecule has 3 heteroatoms. The SMILES string of the molecule is CN1CCCC(N)(Cc2c[nH]c3ccccc23)C1. The number of likely N-dealkylation sites (tertiary alicyclic amines) is 1. The summed E-state index contributed by atoms with van der Waals surface area (Å²) in [4.78, 5) is 5.68. The van der Waals surface area contributed by atoms with Crippen LogP contribution in [0.1, 0.15) is 18.4 Å². The molecule has 0 spiro atoms. The number of rotatable bonds is 2. The highest BCUT2D eigenvalue weighted by atomic mass is 15.1. The number of hydrogen-bond donors (Lipinski definition) is 2. The minimum atomic E-state index is -0.0715. The summed E-state index contributed by atoms with van der Waals surface area (Å²) in [6.07, 6.45) is 5.40. The first-order chi connectivity index (χ1) is 8.66. The number of hydrogen-bond acceptors (Lipinski definition) is 2. The van der Waals surface area contributed by atoms with E-state index in [9.17, 15) is 0 Å². The summed E-state index contributed by atoms with van der Waals surface area (Å²) in [5.41, 5.74) is 9.06. The second kappa shape index (κ2) is 4.41. The molecule has 0 saturated carbocycles. The van der Waals surface area contributed by atoms with E-state index >= 15 is 0 Å². The fraction of sp³-hybridized carbons (Fsp3) is 0.467. The second-order valence-electron chi connectivity index (χ2n) is 5.74. The summed E-state index contributed by atoms with van der Waals surface area (Å²) in [6, 6.07) is 8.46. The highest BCUT2D eigenvalue weighted by molar-refractivity contribution is 5.83. The van der Waals surface area contributed by atoms with Gasteiger partial charge < -0.3 is 15.6 Å². The van der Waals surface area contributed by atoms with E-state index in [4.69, 9.17) is 5.73 Å². The molecule has 3 nitrogen and oxygen atoms in total. The van der Waals surface area contributed by atoms with Crippen molar-refractivity contribution in [3.05, 3.63) is 36.0 Å². The van der Waals surface area contributed by atoms with Crippen LogP contribution in [-0.4, -0.2) is 35.6 Å². The molecule has 2 heterocycles. The highest BCUT2D eigenvalue weighted by Crippen LogP contribution is 2.26. The number of H-pyrrole nitrogens is 1. The van der Waals surface area contributed by atoms with Crippen LogP contribution in [0.3, 0.4) is 0 Å². The molecule has 18 heavy (non-hydrogen) atoms. The van der Waals surface area contributed by atoms with Crippen molar-refractivity contribution in [3.8, 4) is 0 Å². The van der Waals surface area contributed by atoms with Gasteiger partial charge in [0.1, 0.15) is 0 Å². The number of piperidine rings is 1. The van der Waals surface area contributed by atoms with Gasteiger partial charge in [0.05, 0.1) is 0 Å². The minimum absolute atomic E-state index is 0.0715. The van der Waals surface area contributed by atoms with Gasteiger partial charge in [-0.05, 0) is 44.5 Å². The zero-order chi connectivity index (χ0) is 12.6. The monoisotopic (exact) mass is 243 g/mol. The number of aromatic amines is 1. The molecular formula is C15H21N3. The Balaban J connectivity index is 1.87. The van der Waals surface area contributed by atoms with Gasteiger partial charge in [0.15, 0.2) is 0 Å². The maximum atomic E-state index is 6.58. The summed E-state index contributed by atoms with van der Waals surface area (Å²) in [6.45, 7) is 2.17. The average molecular weight is 243 g/mol. The molecular weight excluding hydrogens is 222 g/mol. The van der Waals surface area contributed by atoms with Crippen molar-refractivity contribution < 1.29 is 0 Å². The van der Waals surface area contributed by atoms with E-state index in [0.29, 0.717) is 0 Å². The van der Waals surface area contributed by atoms with Crippen LogP contribution in [-0.2, 0) is 6.42 Å². The third-order valence-corrected chi connectivity index (χ3v) is 4.02. The number of fused-ring (bicyclic) bond motifs is 1. The molecule has 1 atom stereocenters. The Bertz CT molecular complexity index is 545. The maximum absolute atomic E-state index is 6.58. The van der Waals surface area contributed by atoms with E-state index in [1.165, 1.54) is 29.4 Å². The summed E-state index contributed by atoms with van der Waals surface area (Å²) >= 11 is 0. The summed E-state index contributed by atoms with van der Waals surface area (Å²) in [5.74, 6) is 0. The summed E-state index contributed by atoms with van der Waals surface area (Å²) in [5, 5.41) is 1.32. The molecule has 0 bridgehead atoms. The van der Waals surface area contributed by atoms with Gasteiger partial charge in [-0.15, -0.1) is 0 Å². The molecule has 1 aromatic heterocycles. The molecule has 1 aromatic carbocycles.